The number of benzene rings is 2. The topological polar surface area (TPSA) is 64.3 Å². The Balaban J connectivity index is 2.14. The number of hydrogen-bond donors (Lipinski definition) is 1. The van der Waals surface area contributed by atoms with E-state index in [4.69, 9.17) is 39.5 Å². The number of ether oxygens (including phenoxy) is 1. The summed E-state index contributed by atoms with van der Waals surface area (Å²) in [5, 5.41) is 10.6. The second kappa shape index (κ2) is 8.19. The zero-order valence-corrected chi connectivity index (χ0v) is 17.9. The number of rotatable bonds is 6. The van der Waals surface area contributed by atoms with Crippen LogP contribution >= 0.6 is 34.8 Å². The van der Waals surface area contributed by atoms with Gasteiger partial charge in [0.25, 0.3) is 0 Å². The van der Waals surface area contributed by atoms with Crippen LogP contribution in [0.3, 0.4) is 0 Å². The van der Waals surface area contributed by atoms with Crippen LogP contribution in [0.4, 0.5) is 0 Å². The summed E-state index contributed by atoms with van der Waals surface area (Å²) in [5.74, 6) is -0.557. The van der Waals surface area contributed by atoms with Crippen molar-refractivity contribution in [2.24, 2.45) is 7.05 Å². The van der Waals surface area contributed by atoms with Crippen molar-refractivity contribution in [3.8, 4) is 11.8 Å². The minimum Gasteiger partial charge on any atom is -0.481 e. The molecule has 1 atom stereocenters. The molecule has 1 heterocycles. The molecule has 0 radical (unpaired) electrons. The van der Waals surface area contributed by atoms with E-state index in [1.54, 1.807) is 29.8 Å². The Bertz CT molecular complexity index is 1040. The molecule has 1 N–H and O–H groups in total. The molecule has 3 aromatic rings. The fourth-order valence-electron chi connectivity index (χ4n) is 3.31. The average Bonchev–Trinajstić information content (AvgIpc) is 2.94. The fourth-order valence-corrected chi connectivity index (χ4v) is 4.14. The lowest BCUT2D eigenvalue weighted by molar-refractivity contribution is -0.137. The summed E-state index contributed by atoms with van der Waals surface area (Å²) >= 11 is 18.7. The first kappa shape index (κ1) is 20.8. The Kier molecular flexibility index (Phi) is 6.08. The summed E-state index contributed by atoms with van der Waals surface area (Å²) < 4.78 is 7.77. The molecule has 0 fully saturated rings. The molecule has 3 rings (SSSR count). The van der Waals surface area contributed by atoms with E-state index in [9.17, 15) is 9.90 Å². The monoisotopic (exact) mass is 440 g/mol. The number of aryl methyl sites for hydroxylation is 2. The molecule has 2 aromatic carbocycles. The number of hydrogen-bond acceptors (Lipinski definition) is 3. The van der Waals surface area contributed by atoms with Gasteiger partial charge in [-0.25, -0.2) is 0 Å². The molecule has 0 amide bonds. The Morgan fingerprint density at radius 2 is 1.96 bits per heavy atom. The molecule has 0 aliphatic carbocycles. The molecule has 0 aliphatic rings. The highest BCUT2D eigenvalue weighted by Crippen LogP contribution is 2.39. The van der Waals surface area contributed by atoms with Gasteiger partial charge >= 0.3 is 12.0 Å². The van der Waals surface area contributed by atoms with E-state index in [1.165, 1.54) is 0 Å². The molecule has 0 bridgehead atoms. The Labute approximate surface area is 177 Å². The van der Waals surface area contributed by atoms with Crippen molar-refractivity contribution in [1.82, 2.24) is 9.55 Å². The summed E-state index contributed by atoms with van der Waals surface area (Å²) in [4.78, 5) is 15.8. The van der Waals surface area contributed by atoms with Gasteiger partial charge in [0.05, 0.1) is 22.0 Å². The van der Waals surface area contributed by atoms with E-state index < -0.39 is 5.97 Å². The summed E-state index contributed by atoms with van der Waals surface area (Å²) in [5.41, 5.74) is 2.95. The lowest BCUT2D eigenvalue weighted by Gasteiger charge is -2.16. The second-order valence-corrected chi connectivity index (χ2v) is 7.88. The van der Waals surface area contributed by atoms with Crippen LogP contribution in [0, 0.1) is 6.92 Å². The number of aliphatic carboxylic acids is 1. The van der Waals surface area contributed by atoms with Crippen molar-refractivity contribution in [3.63, 3.8) is 0 Å². The van der Waals surface area contributed by atoms with Crippen LogP contribution in [0.2, 0.25) is 15.1 Å². The maximum atomic E-state index is 11.3. The number of carbonyl (C=O) groups is 1. The highest BCUT2D eigenvalue weighted by atomic mass is 35.5. The third-order valence-electron chi connectivity index (χ3n) is 4.70. The number of aromatic nitrogens is 2. The number of carboxylic acid groups (broad SMARTS) is 1. The largest absolute Gasteiger partial charge is 0.481 e. The Hall–Kier alpha value is -1.95. The summed E-state index contributed by atoms with van der Waals surface area (Å²) in [6.07, 6.45) is 0.698. The molecule has 5 nitrogen and oxygen atoms in total. The lowest BCUT2D eigenvalue weighted by atomic mass is 9.92. The third kappa shape index (κ3) is 3.93. The normalized spacial score (nSPS) is 12.4. The molecule has 0 aliphatic heterocycles. The number of fused-ring (bicyclic) bond motifs is 1. The zero-order chi connectivity index (χ0) is 20.6. The van der Waals surface area contributed by atoms with Gasteiger partial charge in [0.2, 0.25) is 0 Å². The van der Waals surface area contributed by atoms with Crippen molar-refractivity contribution >= 4 is 51.8 Å². The van der Waals surface area contributed by atoms with Crippen molar-refractivity contribution in [3.05, 3.63) is 50.5 Å². The van der Waals surface area contributed by atoms with E-state index in [0.29, 0.717) is 38.8 Å². The minimum atomic E-state index is -0.850. The van der Waals surface area contributed by atoms with Gasteiger partial charge in [0.1, 0.15) is 5.52 Å². The maximum Gasteiger partial charge on any atom is 0.303 e. The molecular formula is C20H19Cl3N2O3. The number of halogens is 3. The Morgan fingerprint density at radius 3 is 2.57 bits per heavy atom. The lowest BCUT2D eigenvalue weighted by Crippen LogP contribution is -2.07. The zero-order valence-electron chi connectivity index (χ0n) is 15.6. The fraction of sp³-hybridized carbons (Fsp3) is 0.300. The predicted molar refractivity (Wildman–Crippen MR) is 112 cm³/mol. The standard InChI is InChI=1S/C20H19Cl3N2O3/c1-4-11(8-16(26)27)13-5-6-14(22)17-18(13)25(3)20(24-17)28-19-10(2)7-12(21)9-15(19)23/h5-7,9,11H,4,8H2,1-3H3,(H,26,27). The first-order valence-corrected chi connectivity index (χ1v) is 9.86. The van der Waals surface area contributed by atoms with Crippen molar-refractivity contribution in [2.45, 2.75) is 32.6 Å². The first-order chi connectivity index (χ1) is 13.2. The van der Waals surface area contributed by atoms with Gasteiger partial charge in [-0.3, -0.25) is 9.36 Å². The van der Waals surface area contributed by atoms with Crippen LogP contribution < -0.4 is 4.74 Å². The van der Waals surface area contributed by atoms with E-state index in [0.717, 1.165) is 16.6 Å². The van der Waals surface area contributed by atoms with Crippen LogP contribution in [-0.4, -0.2) is 20.6 Å². The molecule has 0 spiro atoms. The van der Waals surface area contributed by atoms with Crippen LogP contribution in [0.15, 0.2) is 24.3 Å². The molecule has 148 valence electrons. The van der Waals surface area contributed by atoms with E-state index >= 15 is 0 Å². The van der Waals surface area contributed by atoms with Gasteiger partial charge in [0.15, 0.2) is 5.75 Å². The van der Waals surface area contributed by atoms with E-state index in [2.05, 4.69) is 4.98 Å². The third-order valence-corrected chi connectivity index (χ3v) is 5.51. The minimum absolute atomic E-state index is 0.0245. The van der Waals surface area contributed by atoms with Crippen LogP contribution in [0.1, 0.15) is 36.8 Å². The van der Waals surface area contributed by atoms with Crippen molar-refractivity contribution in [1.29, 1.82) is 0 Å². The number of nitrogens with zero attached hydrogens (tertiary/aromatic N) is 2. The average molecular weight is 442 g/mol. The summed E-state index contributed by atoms with van der Waals surface area (Å²) in [6, 6.07) is 7.26. The number of carboxylic acids is 1. The van der Waals surface area contributed by atoms with Gasteiger partial charge in [-0.15, -0.1) is 0 Å². The SMILES string of the molecule is CCC(CC(=O)O)c1ccc(Cl)c2nc(Oc3c(C)cc(Cl)cc3Cl)n(C)c12. The molecular weight excluding hydrogens is 423 g/mol. The molecule has 8 heteroatoms. The molecule has 1 aromatic heterocycles. The van der Waals surface area contributed by atoms with Gasteiger partial charge < -0.3 is 9.84 Å². The summed E-state index contributed by atoms with van der Waals surface area (Å²) in [7, 11) is 1.80. The quantitative estimate of drug-likeness (QED) is 0.468. The second-order valence-electron chi connectivity index (χ2n) is 6.63. The maximum absolute atomic E-state index is 11.3. The predicted octanol–water partition coefficient (Wildman–Crippen LogP) is 6.60. The van der Waals surface area contributed by atoms with Gasteiger partial charge in [-0.1, -0.05) is 47.8 Å². The van der Waals surface area contributed by atoms with Crippen LogP contribution in [0.5, 0.6) is 11.8 Å². The Morgan fingerprint density at radius 1 is 1.25 bits per heavy atom. The molecule has 28 heavy (non-hydrogen) atoms. The van der Waals surface area contributed by atoms with Gasteiger partial charge in [-0.05, 0) is 48.6 Å². The number of imidazole rings is 1. The smallest absolute Gasteiger partial charge is 0.303 e. The molecule has 1 unspecified atom stereocenters. The van der Waals surface area contributed by atoms with E-state index in [1.807, 2.05) is 19.9 Å². The van der Waals surface area contributed by atoms with Crippen molar-refractivity contribution < 1.29 is 14.6 Å². The van der Waals surface area contributed by atoms with E-state index in [-0.39, 0.29) is 12.3 Å². The summed E-state index contributed by atoms with van der Waals surface area (Å²) in [6.45, 7) is 3.80. The van der Waals surface area contributed by atoms with Crippen LogP contribution in [-0.2, 0) is 11.8 Å². The van der Waals surface area contributed by atoms with Gasteiger partial charge in [0, 0.05) is 12.1 Å². The molecule has 0 saturated carbocycles. The molecule has 0 saturated heterocycles. The van der Waals surface area contributed by atoms with Crippen molar-refractivity contribution in [2.75, 3.05) is 0 Å². The van der Waals surface area contributed by atoms with Crippen LogP contribution in [0.25, 0.3) is 11.0 Å². The highest BCUT2D eigenvalue weighted by Gasteiger charge is 2.23. The highest BCUT2D eigenvalue weighted by molar-refractivity contribution is 6.36. The first-order valence-electron chi connectivity index (χ1n) is 8.73. The van der Waals surface area contributed by atoms with Gasteiger partial charge in [-0.2, -0.15) is 4.98 Å².